The number of sulfonamides is 1. The van der Waals surface area contributed by atoms with Crippen LogP contribution in [0.4, 0.5) is 0 Å². The van der Waals surface area contributed by atoms with Crippen LogP contribution in [-0.2, 0) is 16.4 Å². The number of aryl methyl sites for hydroxylation is 1. The fourth-order valence-electron chi connectivity index (χ4n) is 1.73. The zero-order valence-electron chi connectivity index (χ0n) is 11.0. The van der Waals surface area contributed by atoms with Gasteiger partial charge in [0.05, 0.1) is 4.90 Å². The fourth-order valence-corrected chi connectivity index (χ4v) is 2.71. The minimum absolute atomic E-state index is 0.0824. The second-order valence-electron chi connectivity index (χ2n) is 4.30. The molecule has 1 amide bonds. The smallest absolute Gasteiger partial charge is 0.264 e. The Morgan fingerprint density at radius 1 is 1.00 bits per heavy atom. The number of benzene rings is 2. The maximum Gasteiger partial charge on any atom is 0.264 e. The summed E-state index contributed by atoms with van der Waals surface area (Å²) >= 11 is 0. The Kier molecular flexibility index (Phi) is 4.20. The lowest BCUT2D eigenvalue weighted by Gasteiger charge is -2.07. The summed E-state index contributed by atoms with van der Waals surface area (Å²) in [5.41, 5.74) is 1.35. The minimum atomic E-state index is -3.83. The first-order valence-electron chi connectivity index (χ1n) is 6.24. The Hall–Kier alpha value is -2.14. The monoisotopic (exact) mass is 289 g/mol. The predicted molar refractivity (Wildman–Crippen MR) is 76.9 cm³/mol. The molecule has 0 atom stereocenters. The quantitative estimate of drug-likeness (QED) is 0.940. The summed E-state index contributed by atoms with van der Waals surface area (Å²) in [7, 11) is -3.83. The van der Waals surface area contributed by atoms with E-state index in [2.05, 4.69) is 4.72 Å². The van der Waals surface area contributed by atoms with Crippen LogP contribution >= 0.6 is 0 Å². The lowest BCUT2D eigenvalue weighted by Crippen LogP contribution is -2.30. The third-order valence-electron chi connectivity index (χ3n) is 2.90. The maximum atomic E-state index is 12.1. The Morgan fingerprint density at radius 3 is 2.15 bits per heavy atom. The lowest BCUT2D eigenvalue weighted by molar-refractivity contribution is 0.0981. The molecular formula is C15H15NO3S. The first-order valence-corrected chi connectivity index (χ1v) is 7.72. The van der Waals surface area contributed by atoms with Crippen LogP contribution in [0.2, 0.25) is 0 Å². The second kappa shape index (κ2) is 5.88. The van der Waals surface area contributed by atoms with Gasteiger partial charge in [0.1, 0.15) is 0 Å². The molecule has 5 heteroatoms. The Balaban J connectivity index is 2.20. The molecule has 0 radical (unpaired) electrons. The molecule has 0 aromatic heterocycles. The van der Waals surface area contributed by atoms with Gasteiger partial charge in [-0.3, -0.25) is 4.79 Å². The summed E-state index contributed by atoms with van der Waals surface area (Å²) in [6.45, 7) is 1.99. The highest BCUT2D eigenvalue weighted by Crippen LogP contribution is 2.11. The van der Waals surface area contributed by atoms with Crippen LogP contribution in [0.25, 0.3) is 0 Å². The molecule has 2 aromatic carbocycles. The predicted octanol–water partition coefficient (Wildman–Crippen LogP) is 2.37. The van der Waals surface area contributed by atoms with E-state index < -0.39 is 15.9 Å². The summed E-state index contributed by atoms with van der Waals surface area (Å²) in [5.74, 6) is -0.634. The molecule has 0 saturated heterocycles. The number of carbonyl (C=O) groups excluding carboxylic acids is 1. The second-order valence-corrected chi connectivity index (χ2v) is 5.98. The molecule has 0 saturated carbocycles. The Bertz CT molecular complexity index is 692. The zero-order chi connectivity index (χ0) is 14.6. The molecular weight excluding hydrogens is 274 g/mol. The van der Waals surface area contributed by atoms with Gasteiger partial charge in [0.15, 0.2) is 0 Å². The minimum Gasteiger partial charge on any atom is -0.268 e. The van der Waals surface area contributed by atoms with Crippen LogP contribution < -0.4 is 4.72 Å². The summed E-state index contributed by atoms with van der Waals surface area (Å²) in [5, 5.41) is 0. The molecule has 0 heterocycles. The first-order chi connectivity index (χ1) is 9.53. The van der Waals surface area contributed by atoms with Crippen LogP contribution in [-0.4, -0.2) is 14.3 Å². The van der Waals surface area contributed by atoms with Crippen molar-refractivity contribution in [1.29, 1.82) is 0 Å². The van der Waals surface area contributed by atoms with E-state index in [4.69, 9.17) is 0 Å². The van der Waals surface area contributed by atoms with E-state index in [1.165, 1.54) is 12.1 Å². The lowest BCUT2D eigenvalue weighted by atomic mass is 10.2. The van der Waals surface area contributed by atoms with E-state index in [9.17, 15) is 13.2 Å². The van der Waals surface area contributed by atoms with Gasteiger partial charge >= 0.3 is 0 Å². The van der Waals surface area contributed by atoms with Crippen molar-refractivity contribution in [2.24, 2.45) is 0 Å². The average Bonchev–Trinajstić information content (AvgIpc) is 2.48. The largest absolute Gasteiger partial charge is 0.268 e. The standard InChI is InChI=1S/C15H15NO3S/c1-2-12-8-10-14(11-9-12)20(18,19)16-15(17)13-6-4-3-5-7-13/h3-11H,2H2,1H3,(H,16,17). The molecule has 2 rings (SSSR count). The van der Waals surface area contributed by atoms with Gasteiger partial charge in [0.2, 0.25) is 0 Å². The highest BCUT2D eigenvalue weighted by molar-refractivity contribution is 7.90. The molecule has 2 aromatic rings. The summed E-state index contributed by atoms with van der Waals surface area (Å²) in [6.07, 6.45) is 0.830. The van der Waals surface area contributed by atoms with E-state index in [1.807, 2.05) is 6.92 Å². The molecule has 0 bridgehead atoms. The Labute approximate surface area is 118 Å². The van der Waals surface area contributed by atoms with E-state index in [0.717, 1.165) is 12.0 Å². The summed E-state index contributed by atoms with van der Waals surface area (Å²) < 4.78 is 26.2. The van der Waals surface area contributed by atoms with Gasteiger partial charge in [0.25, 0.3) is 15.9 Å². The van der Waals surface area contributed by atoms with Gasteiger partial charge in [-0.15, -0.1) is 0 Å². The van der Waals surface area contributed by atoms with Crippen LogP contribution in [0.3, 0.4) is 0 Å². The van der Waals surface area contributed by atoms with Crippen molar-refractivity contribution in [3.63, 3.8) is 0 Å². The topological polar surface area (TPSA) is 63.2 Å². The van der Waals surface area contributed by atoms with Gasteiger partial charge in [-0.05, 0) is 36.2 Å². The molecule has 0 unspecified atom stereocenters. The number of rotatable bonds is 4. The number of nitrogens with one attached hydrogen (secondary N) is 1. The van der Waals surface area contributed by atoms with Crippen LogP contribution in [0.15, 0.2) is 59.5 Å². The van der Waals surface area contributed by atoms with Crippen molar-refractivity contribution in [3.05, 3.63) is 65.7 Å². The van der Waals surface area contributed by atoms with Crippen molar-refractivity contribution in [2.75, 3.05) is 0 Å². The molecule has 0 aliphatic rings. The molecule has 104 valence electrons. The number of hydrogen-bond donors (Lipinski definition) is 1. The molecule has 20 heavy (non-hydrogen) atoms. The third kappa shape index (κ3) is 3.24. The van der Waals surface area contributed by atoms with Crippen molar-refractivity contribution in [1.82, 2.24) is 4.72 Å². The van der Waals surface area contributed by atoms with Gasteiger partial charge in [0, 0.05) is 5.56 Å². The number of amides is 1. The van der Waals surface area contributed by atoms with Crippen LogP contribution in [0.1, 0.15) is 22.8 Å². The molecule has 0 spiro atoms. The maximum absolute atomic E-state index is 12.1. The number of carbonyl (C=O) groups is 1. The summed E-state index contributed by atoms with van der Waals surface area (Å²) in [4.78, 5) is 11.9. The fraction of sp³-hybridized carbons (Fsp3) is 0.133. The number of hydrogen-bond acceptors (Lipinski definition) is 3. The van der Waals surface area contributed by atoms with Crippen molar-refractivity contribution >= 4 is 15.9 Å². The first kappa shape index (κ1) is 14.3. The molecule has 1 N–H and O–H groups in total. The van der Waals surface area contributed by atoms with E-state index in [1.54, 1.807) is 42.5 Å². The van der Waals surface area contributed by atoms with E-state index in [-0.39, 0.29) is 4.90 Å². The summed E-state index contributed by atoms with van der Waals surface area (Å²) in [6, 6.07) is 14.7. The van der Waals surface area contributed by atoms with Crippen molar-refractivity contribution in [3.8, 4) is 0 Å². The highest BCUT2D eigenvalue weighted by atomic mass is 32.2. The van der Waals surface area contributed by atoms with Crippen molar-refractivity contribution in [2.45, 2.75) is 18.2 Å². The van der Waals surface area contributed by atoms with Crippen LogP contribution in [0, 0.1) is 0 Å². The van der Waals surface area contributed by atoms with Crippen LogP contribution in [0.5, 0.6) is 0 Å². The molecule has 0 fully saturated rings. The SMILES string of the molecule is CCc1ccc(S(=O)(=O)NC(=O)c2ccccc2)cc1. The molecule has 0 aliphatic carbocycles. The van der Waals surface area contributed by atoms with Gasteiger partial charge < -0.3 is 0 Å². The normalized spacial score (nSPS) is 11.1. The molecule has 0 aliphatic heterocycles. The average molecular weight is 289 g/mol. The molecule has 4 nitrogen and oxygen atoms in total. The Morgan fingerprint density at radius 2 is 1.60 bits per heavy atom. The van der Waals surface area contributed by atoms with Crippen molar-refractivity contribution < 1.29 is 13.2 Å². The van der Waals surface area contributed by atoms with Gasteiger partial charge in [-0.2, -0.15) is 0 Å². The van der Waals surface area contributed by atoms with Gasteiger partial charge in [-0.25, -0.2) is 13.1 Å². The van der Waals surface area contributed by atoms with Gasteiger partial charge in [-0.1, -0.05) is 37.3 Å². The zero-order valence-corrected chi connectivity index (χ0v) is 11.9. The highest BCUT2D eigenvalue weighted by Gasteiger charge is 2.18. The van der Waals surface area contributed by atoms with E-state index in [0.29, 0.717) is 5.56 Å². The third-order valence-corrected chi connectivity index (χ3v) is 4.25. The van der Waals surface area contributed by atoms with E-state index >= 15 is 0 Å².